The first-order valence-electron chi connectivity index (χ1n) is 17.3. The van der Waals surface area contributed by atoms with Gasteiger partial charge in [0.1, 0.15) is 6.10 Å². The maximum Gasteiger partial charge on any atom is 0.331 e. The van der Waals surface area contributed by atoms with Crippen LogP contribution in [0, 0.1) is 56.7 Å². The minimum Gasteiger partial charge on any atom is -0.504 e. The second-order valence-corrected chi connectivity index (χ2v) is 17.0. The monoisotopic (exact) mass is 618 g/mol. The smallest absolute Gasteiger partial charge is 0.331 e. The van der Waals surface area contributed by atoms with Crippen LogP contribution in [0.15, 0.2) is 36.4 Å². The number of phenolic OH excluding ortho intramolecular Hbond substituents is 2. The van der Waals surface area contributed by atoms with Gasteiger partial charge in [0.25, 0.3) is 0 Å². The van der Waals surface area contributed by atoms with Crippen molar-refractivity contribution in [2.24, 2.45) is 56.7 Å². The van der Waals surface area contributed by atoms with Crippen LogP contribution in [-0.2, 0) is 14.3 Å². The van der Waals surface area contributed by atoms with E-state index in [-0.39, 0.29) is 51.2 Å². The normalized spacial score (nSPS) is 43.4. The first-order chi connectivity index (χ1) is 21.0. The lowest BCUT2D eigenvalue weighted by Gasteiger charge is -2.72. The molecule has 5 aliphatic carbocycles. The Morgan fingerprint density at radius 2 is 1.60 bits per heavy atom. The summed E-state index contributed by atoms with van der Waals surface area (Å²) in [5.41, 5.74) is 1.34. The summed E-state index contributed by atoms with van der Waals surface area (Å²) < 4.78 is 6.16. The number of carboxylic acid groups (broad SMARTS) is 1. The fourth-order valence-electron chi connectivity index (χ4n) is 12.7. The predicted molar refractivity (Wildman–Crippen MR) is 175 cm³/mol. The Morgan fingerprint density at radius 3 is 2.27 bits per heavy atom. The maximum atomic E-state index is 13.0. The molecule has 0 unspecified atom stereocenters. The van der Waals surface area contributed by atoms with Crippen LogP contribution in [0.3, 0.4) is 0 Å². The number of carbonyl (C=O) groups is 2. The molecule has 0 heterocycles. The van der Waals surface area contributed by atoms with Crippen molar-refractivity contribution in [1.29, 1.82) is 0 Å². The molecule has 0 aliphatic heterocycles. The number of rotatable bonds is 5. The second-order valence-electron chi connectivity index (χ2n) is 17.0. The predicted octanol–water partition coefficient (Wildman–Crippen LogP) is 8.77. The van der Waals surface area contributed by atoms with Gasteiger partial charge in [0.15, 0.2) is 11.5 Å². The Bertz CT molecular complexity index is 1430. The number of phenols is 2. The lowest BCUT2D eigenvalue weighted by molar-refractivity contribution is -0.250. The fraction of sp³-hybridized carbons (Fsp3) is 0.692. The first-order valence-corrected chi connectivity index (χ1v) is 17.3. The van der Waals surface area contributed by atoms with E-state index in [4.69, 9.17) is 4.74 Å². The highest BCUT2D eigenvalue weighted by molar-refractivity contribution is 5.87. The molecule has 5 saturated carbocycles. The third-order valence-electron chi connectivity index (χ3n) is 15.1. The molecule has 1 aromatic carbocycles. The molecule has 10 atom stereocenters. The zero-order chi connectivity index (χ0) is 32.7. The summed E-state index contributed by atoms with van der Waals surface area (Å²) in [6.07, 6.45) is 12.7. The van der Waals surface area contributed by atoms with Gasteiger partial charge in [-0.3, -0.25) is 4.79 Å². The molecule has 6 heteroatoms. The number of hydrogen-bond donors (Lipinski definition) is 3. The summed E-state index contributed by atoms with van der Waals surface area (Å²) in [5.74, 6) is 0.473. The van der Waals surface area contributed by atoms with E-state index in [0.717, 1.165) is 64.2 Å². The van der Waals surface area contributed by atoms with Gasteiger partial charge in [0.2, 0.25) is 0 Å². The van der Waals surface area contributed by atoms with Crippen LogP contribution in [0.4, 0.5) is 0 Å². The molecular weight excluding hydrogens is 564 g/mol. The van der Waals surface area contributed by atoms with E-state index in [1.54, 1.807) is 12.1 Å². The number of carboxylic acids is 1. The van der Waals surface area contributed by atoms with Gasteiger partial charge >= 0.3 is 11.9 Å². The van der Waals surface area contributed by atoms with E-state index < -0.39 is 11.4 Å². The number of aromatic hydroxyl groups is 2. The van der Waals surface area contributed by atoms with Crippen molar-refractivity contribution in [3.63, 3.8) is 0 Å². The molecule has 0 aromatic heterocycles. The number of esters is 1. The van der Waals surface area contributed by atoms with Gasteiger partial charge in [-0.1, -0.05) is 52.8 Å². The molecule has 6 rings (SSSR count). The number of carbonyl (C=O) groups excluding carboxylic acids is 1. The van der Waals surface area contributed by atoms with Gasteiger partial charge in [-0.2, -0.15) is 0 Å². The van der Waals surface area contributed by atoms with Crippen molar-refractivity contribution in [1.82, 2.24) is 0 Å². The zero-order valence-corrected chi connectivity index (χ0v) is 28.2. The van der Waals surface area contributed by atoms with Crippen LogP contribution in [0.25, 0.3) is 6.08 Å². The molecule has 0 spiro atoms. The summed E-state index contributed by atoms with van der Waals surface area (Å²) in [4.78, 5) is 25.9. The van der Waals surface area contributed by atoms with E-state index in [1.165, 1.54) is 23.8 Å². The van der Waals surface area contributed by atoms with Crippen molar-refractivity contribution in [3.8, 4) is 11.5 Å². The summed E-state index contributed by atoms with van der Waals surface area (Å²) in [7, 11) is 0. The Morgan fingerprint density at radius 1 is 0.867 bits per heavy atom. The summed E-state index contributed by atoms with van der Waals surface area (Å²) in [5, 5.41) is 30.0. The number of benzene rings is 1. The molecule has 0 saturated heterocycles. The van der Waals surface area contributed by atoms with E-state index >= 15 is 0 Å². The largest absolute Gasteiger partial charge is 0.504 e. The SMILES string of the molecule is C=C(C)[C@@H]1CC[C@]2(C(=O)O)CC[C@]3(C)[C@@H](CC[C@@H]4[C@@]5(C)CC[C@H](OC(=O)/C=C/c6ccc(O)c(O)c6)C(C)(C)[C@@H]5CC[C@]43C)[C@H]12. The minimum atomic E-state index is -0.598. The molecule has 0 radical (unpaired) electrons. The van der Waals surface area contributed by atoms with E-state index in [2.05, 4.69) is 48.1 Å². The quantitative estimate of drug-likeness (QED) is 0.132. The molecule has 6 nitrogen and oxygen atoms in total. The molecule has 0 bridgehead atoms. The topological polar surface area (TPSA) is 104 Å². The van der Waals surface area contributed by atoms with Crippen LogP contribution in [0.2, 0.25) is 0 Å². The van der Waals surface area contributed by atoms with Gasteiger partial charge in [-0.05, 0) is 141 Å². The summed E-state index contributed by atoms with van der Waals surface area (Å²) >= 11 is 0. The van der Waals surface area contributed by atoms with Crippen molar-refractivity contribution in [2.75, 3.05) is 0 Å². The number of ether oxygens (including phenoxy) is 1. The number of allylic oxidation sites excluding steroid dienone is 1. The Hall–Kier alpha value is -2.76. The Balaban J connectivity index is 1.23. The first kappa shape index (κ1) is 32.2. The van der Waals surface area contributed by atoms with Crippen LogP contribution >= 0.6 is 0 Å². The molecule has 45 heavy (non-hydrogen) atoms. The average Bonchev–Trinajstić information content (AvgIpc) is 3.37. The standard InChI is InChI=1S/C39H54O6/c1-23(2)25-14-19-39(34(43)44)21-20-37(6)26(33(25)39)10-12-30-36(5)17-16-31(35(3,4)29(36)15-18-38(30,37)7)45-32(42)13-9-24-8-11-27(40)28(41)22-24/h8-9,11,13,22,25-26,29-31,33,40-41H,1,10,12,14-21H2,2-7H3,(H,43,44)/b13-9+/t25-,26-,29-,30+,31-,33-,36-,37+,38+,39-/m0/s1. The maximum absolute atomic E-state index is 13.0. The molecule has 5 aliphatic rings. The zero-order valence-electron chi connectivity index (χ0n) is 28.2. The Labute approximate surface area is 269 Å². The molecule has 246 valence electrons. The van der Waals surface area contributed by atoms with Gasteiger partial charge in [0, 0.05) is 11.5 Å². The van der Waals surface area contributed by atoms with Crippen molar-refractivity contribution < 1.29 is 29.6 Å². The summed E-state index contributed by atoms with van der Waals surface area (Å²) in [6, 6.07) is 4.46. The van der Waals surface area contributed by atoms with E-state index in [0.29, 0.717) is 29.2 Å². The average molecular weight is 619 g/mol. The third-order valence-corrected chi connectivity index (χ3v) is 15.1. The lowest BCUT2D eigenvalue weighted by atomic mass is 9.32. The third kappa shape index (κ3) is 4.54. The van der Waals surface area contributed by atoms with Gasteiger partial charge in [-0.15, -0.1) is 0 Å². The highest BCUT2D eigenvalue weighted by Crippen LogP contribution is 2.77. The molecule has 5 fully saturated rings. The van der Waals surface area contributed by atoms with Crippen LogP contribution in [0.1, 0.15) is 111 Å². The summed E-state index contributed by atoms with van der Waals surface area (Å²) in [6.45, 7) is 18.7. The number of fused-ring (bicyclic) bond motifs is 7. The van der Waals surface area contributed by atoms with Gasteiger partial charge in [-0.25, -0.2) is 4.79 Å². The van der Waals surface area contributed by atoms with Crippen LogP contribution in [-0.4, -0.2) is 33.4 Å². The van der Waals surface area contributed by atoms with Crippen molar-refractivity contribution >= 4 is 18.0 Å². The molecule has 3 N–H and O–H groups in total. The Kier molecular flexibility index (Phi) is 7.61. The van der Waals surface area contributed by atoms with E-state index in [1.807, 2.05) is 0 Å². The lowest BCUT2D eigenvalue weighted by Crippen LogP contribution is -2.67. The minimum absolute atomic E-state index is 0.0898. The van der Waals surface area contributed by atoms with Gasteiger partial charge < -0.3 is 20.1 Å². The highest BCUT2D eigenvalue weighted by atomic mass is 16.5. The second kappa shape index (κ2) is 10.6. The molecule has 1 aromatic rings. The van der Waals surface area contributed by atoms with E-state index in [9.17, 15) is 24.9 Å². The van der Waals surface area contributed by atoms with Crippen molar-refractivity contribution in [2.45, 2.75) is 112 Å². The van der Waals surface area contributed by atoms with Gasteiger partial charge in [0.05, 0.1) is 5.41 Å². The number of aliphatic carboxylic acids is 1. The highest BCUT2D eigenvalue weighted by Gasteiger charge is 2.72. The van der Waals surface area contributed by atoms with Crippen molar-refractivity contribution in [3.05, 3.63) is 42.0 Å². The van der Waals surface area contributed by atoms with Crippen LogP contribution < -0.4 is 0 Å². The molecule has 0 amide bonds. The number of hydrogen-bond acceptors (Lipinski definition) is 5. The molecular formula is C39H54O6. The fourth-order valence-corrected chi connectivity index (χ4v) is 12.7. The van der Waals surface area contributed by atoms with Crippen LogP contribution in [0.5, 0.6) is 11.5 Å².